The summed E-state index contributed by atoms with van der Waals surface area (Å²) in [4.78, 5) is 0. The Labute approximate surface area is 107 Å². The van der Waals surface area contributed by atoms with Crippen molar-refractivity contribution in [3.63, 3.8) is 0 Å². The molecular weight excluding hydrogens is 266 g/mol. The standard InChI is InChI=1S/C13H20BrNO/c1-3-11(2)10-15-8-9-16-13-6-4-12(14)5-7-13/h4-7,11,15H,3,8-10H2,1-2H3. The highest BCUT2D eigenvalue weighted by molar-refractivity contribution is 9.10. The number of ether oxygens (including phenoxy) is 1. The number of hydrogen-bond acceptors (Lipinski definition) is 2. The summed E-state index contributed by atoms with van der Waals surface area (Å²) in [7, 11) is 0. The molecule has 0 heterocycles. The topological polar surface area (TPSA) is 21.3 Å². The van der Waals surface area contributed by atoms with Gasteiger partial charge in [-0.15, -0.1) is 0 Å². The molecule has 1 atom stereocenters. The predicted molar refractivity (Wildman–Crippen MR) is 72.0 cm³/mol. The number of hydrogen-bond donors (Lipinski definition) is 1. The third-order valence-corrected chi connectivity index (χ3v) is 3.08. The van der Waals surface area contributed by atoms with Crippen molar-refractivity contribution in [1.29, 1.82) is 0 Å². The van der Waals surface area contributed by atoms with E-state index in [0.29, 0.717) is 0 Å². The van der Waals surface area contributed by atoms with E-state index in [1.165, 1.54) is 6.42 Å². The maximum atomic E-state index is 5.59. The van der Waals surface area contributed by atoms with Crippen LogP contribution in [0.25, 0.3) is 0 Å². The molecule has 0 saturated heterocycles. The van der Waals surface area contributed by atoms with Crippen LogP contribution in [0.4, 0.5) is 0 Å². The lowest BCUT2D eigenvalue weighted by molar-refractivity contribution is 0.309. The molecule has 90 valence electrons. The molecule has 0 aliphatic rings. The van der Waals surface area contributed by atoms with Crippen molar-refractivity contribution in [2.45, 2.75) is 20.3 Å². The molecule has 0 bridgehead atoms. The van der Waals surface area contributed by atoms with E-state index >= 15 is 0 Å². The minimum absolute atomic E-state index is 0.720. The van der Waals surface area contributed by atoms with E-state index in [4.69, 9.17) is 4.74 Å². The van der Waals surface area contributed by atoms with Crippen LogP contribution in [0.3, 0.4) is 0 Å². The zero-order valence-electron chi connectivity index (χ0n) is 10.0. The van der Waals surface area contributed by atoms with Crippen molar-refractivity contribution in [2.24, 2.45) is 5.92 Å². The summed E-state index contributed by atoms with van der Waals surface area (Å²) < 4.78 is 6.67. The highest BCUT2D eigenvalue weighted by atomic mass is 79.9. The fraction of sp³-hybridized carbons (Fsp3) is 0.538. The van der Waals surface area contributed by atoms with Crippen LogP contribution < -0.4 is 10.1 Å². The minimum atomic E-state index is 0.720. The van der Waals surface area contributed by atoms with Gasteiger partial charge in [0.1, 0.15) is 12.4 Å². The molecule has 1 aromatic rings. The normalized spacial score (nSPS) is 12.4. The number of nitrogens with one attached hydrogen (secondary N) is 1. The second-order valence-corrected chi connectivity index (χ2v) is 4.94. The van der Waals surface area contributed by atoms with Gasteiger partial charge in [-0.05, 0) is 36.7 Å². The lowest BCUT2D eigenvalue weighted by Crippen LogP contribution is -2.25. The van der Waals surface area contributed by atoms with Crippen LogP contribution in [0, 0.1) is 5.92 Å². The van der Waals surface area contributed by atoms with E-state index in [2.05, 4.69) is 35.1 Å². The van der Waals surface area contributed by atoms with E-state index in [9.17, 15) is 0 Å². The first-order valence-corrected chi connectivity index (χ1v) is 6.60. The lowest BCUT2D eigenvalue weighted by Gasteiger charge is -2.10. The van der Waals surface area contributed by atoms with Crippen LogP contribution in [-0.4, -0.2) is 19.7 Å². The van der Waals surface area contributed by atoms with Crippen LogP contribution >= 0.6 is 15.9 Å². The quantitative estimate of drug-likeness (QED) is 0.775. The molecule has 0 radical (unpaired) electrons. The minimum Gasteiger partial charge on any atom is -0.492 e. The lowest BCUT2D eigenvalue weighted by atomic mass is 10.1. The second kappa shape index (κ2) is 7.69. The molecule has 1 rings (SSSR count). The van der Waals surface area contributed by atoms with Gasteiger partial charge >= 0.3 is 0 Å². The molecule has 0 amide bonds. The van der Waals surface area contributed by atoms with Crippen molar-refractivity contribution in [2.75, 3.05) is 19.7 Å². The average Bonchev–Trinajstić information content (AvgIpc) is 2.31. The molecule has 0 aliphatic heterocycles. The van der Waals surface area contributed by atoms with Gasteiger partial charge in [-0.2, -0.15) is 0 Å². The van der Waals surface area contributed by atoms with Crippen LogP contribution in [0.2, 0.25) is 0 Å². The summed E-state index contributed by atoms with van der Waals surface area (Å²) in [6.45, 7) is 7.16. The third kappa shape index (κ3) is 5.52. The van der Waals surface area contributed by atoms with Crippen molar-refractivity contribution in [1.82, 2.24) is 5.32 Å². The van der Waals surface area contributed by atoms with Crippen LogP contribution in [0.5, 0.6) is 5.75 Å². The molecule has 0 aliphatic carbocycles. The molecule has 1 N–H and O–H groups in total. The first-order chi connectivity index (χ1) is 7.72. The van der Waals surface area contributed by atoms with Crippen LogP contribution in [-0.2, 0) is 0 Å². The van der Waals surface area contributed by atoms with Crippen LogP contribution in [0.1, 0.15) is 20.3 Å². The maximum absolute atomic E-state index is 5.59. The fourth-order valence-electron chi connectivity index (χ4n) is 1.26. The Morgan fingerprint density at radius 3 is 2.62 bits per heavy atom. The van der Waals surface area contributed by atoms with Crippen molar-refractivity contribution < 1.29 is 4.74 Å². The van der Waals surface area contributed by atoms with Gasteiger partial charge in [0.25, 0.3) is 0 Å². The highest BCUT2D eigenvalue weighted by Crippen LogP contribution is 2.15. The van der Waals surface area contributed by atoms with E-state index in [1.54, 1.807) is 0 Å². The molecular formula is C13H20BrNO. The molecule has 0 saturated carbocycles. The first kappa shape index (κ1) is 13.5. The first-order valence-electron chi connectivity index (χ1n) is 5.81. The zero-order valence-corrected chi connectivity index (χ0v) is 11.6. The largest absolute Gasteiger partial charge is 0.492 e. The van der Waals surface area contributed by atoms with E-state index in [0.717, 1.165) is 35.8 Å². The van der Waals surface area contributed by atoms with Crippen molar-refractivity contribution in [3.8, 4) is 5.75 Å². The Balaban J connectivity index is 2.09. The number of rotatable bonds is 7. The Hall–Kier alpha value is -0.540. The summed E-state index contributed by atoms with van der Waals surface area (Å²) in [5.74, 6) is 1.67. The zero-order chi connectivity index (χ0) is 11.8. The van der Waals surface area contributed by atoms with Gasteiger partial charge in [-0.3, -0.25) is 0 Å². The summed E-state index contributed by atoms with van der Waals surface area (Å²) >= 11 is 3.39. The van der Waals surface area contributed by atoms with Crippen molar-refractivity contribution in [3.05, 3.63) is 28.7 Å². The van der Waals surface area contributed by atoms with Gasteiger partial charge in [0, 0.05) is 11.0 Å². The average molecular weight is 286 g/mol. The molecule has 1 unspecified atom stereocenters. The second-order valence-electron chi connectivity index (χ2n) is 4.02. The van der Waals surface area contributed by atoms with Gasteiger partial charge in [0.05, 0.1) is 0 Å². The van der Waals surface area contributed by atoms with Gasteiger partial charge < -0.3 is 10.1 Å². The van der Waals surface area contributed by atoms with E-state index in [1.807, 2.05) is 24.3 Å². The molecule has 0 aromatic heterocycles. The third-order valence-electron chi connectivity index (χ3n) is 2.55. The van der Waals surface area contributed by atoms with Gasteiger partial charge in [-0.1, -0.05) is 36.2 Å². The maximum Gasteiger partial charge on any atom is 0.119 e. The Bertz CT molecular complexity index is 286. The van der Waals surface area contributed by atoms with Crippen LogP contribution in [0.15, 0.2) is 28.7 Å². The number of benzene rings is 1. The number of halogens is 1. The molecule has 0 spiro atoms. The van der Waals surface area contributed by atoms with Gasteiger partial charge in [0.15, 0.2) is 0 Å². The Morgan fingerprint density at radius 2 is 2.00 bits per heavy atom. The van der Waals surface area contributed by atoms with Gasteiger partial charge in [0.2, 0.25) is 0 Å². The molecule has 3 heteroatoms. The molecule has 0 fully saturated rings. The van der Waals surface area contributed by atoms with E-state index in [-0.39, 0.29) is 0 Å². The highest BCUT2D eigenvalue weighted by Gasteiger charge is 1.97. The van der Waals surface area contributed by atoms with Crippen molar-refractivity contribution >= 4 is 15.9 Å². The SMILES string of the molecule is CCC(C)CNCCOc1ccc(Br)cc1. The smallest absolute Gasteiger partial charge is 0.119 e. The fourth-order valence-corrected chi connectivity index (χ4v) is 1.53. The molecule has 1 aromatic carbocycles. The summed E-state index contributed by atoms with van der Waals surface area (Å²) in [6.07, 6.45) is 1.22. The predicted octanol–water partition coefficient (Wildman–Crippen LogP) is 3.46. The molecule has 2 nitrogen and oxygen atoms in total. The summed E-state index contributed by atoms with van der Waals surface area (Å²) in [6, 6.07) is 7.92. The summed E-state index contributed by atoms with van der Waals surface area (Å²) in [5, 5.41) is 3.38. The monoisotopic (exact) mass is 285 g/mol. The van der Waals surface area contributed by atoms with E-state index < -0.39 is 0 Å². The molecule has 16 heavy (non-hydrogen) atoms. The Kier molecular flexibility index (Phi) is 6.50. The summed E-state index contributed by atoms with van der Waals surface area (Å²) in [5.41, 5.74) is 0. The van der Waals surface area contributed by atoms with Gasteiger partial charge in [-0.25, -0.2) is 0 Å². The Morgan fingerprint density at radius 1 is 1.31 bits per heavy atom.